The van der Waals surface area contributed by atoms with Crippen molar-refractivity contribution in [3.05, 3.63) is 40.6 Å². The maximum Gasteiger partial charge on any atom is 0.337 e. The average molecular weight is 403 g/mol. The molecule has 29 heavy (non-hydrogen) atoms. The SMILES string of the molecule is Cc1nc(N2CCC(N(C)/C(N)=C/C(=C\N)C(=O)O)CC2)nc(C)c1CC(C)C. The van der Waals surface area contributed by atoms with E-state index in [9.17, 15) is 4.79 Å². The Hall–Kier alpha value is -2.77. The van der Waals surface area contributed by atoms with Gasteiger partial charge in [-0.1, -0.05) is 13.8 Å². The topological polar surface area (TPSA) is 122 Å². The highest BCUT2D eigenvalue weighted by molar-refractivity contribution is 5.89. The van der Waals surface area contributed by atoms with Crippen LogP contribution in [0.4, 0.5) is 5.95 Å². The molecule has 1 aliphatic rings. The molecule has 0 spiro atoms. The third-order valence-corrected chi connectivity index (χ3v) is 5.45. The van der Waals surface area contributed by atoms with E-state index in [1.54, 1.807) is 0 Å². The molecule has 2 heterocycles. The van der Waals surface area contributed by atoms with Crippen LogP contribution in [-0.2, 0) is 11.2 Å². The zero-order chi connectivity index (χ0) is 21.7. The number of piperidine rings is 1. The lowest BCUT2D eigenvalue weighted by Crippen LogP contribution is -2.45. The zero-order valence-corrected chi connectivity index (χ0v) is 18.1. The Kier molecular flexibility index (Phi) is 7.47. The maximum absolute atomic E-state index is 11.1. The molecule has 5 N–H and O–H groups in total. The number of aliphatic carboxylic acids is 1. The molecule has 0 aromatic carbocycles. The molecule has 1 aliphatic heterocycles. The van der Waals surface area contributed by atoms with E-state index in [2.05, 4.69) is 32.6 Å². The molecule has 1 aromatic rings. The number of rotatable bonds is 7. The van der Waals surface area contributed by atoms with Crippen LogP contribution in [0.2, 0.25) is 0 Å². The Balaban J connectivity index is 2.05. The first kappa shape index (κ1) is 22.5. The minimum Gasteiger partial charge on any atom is -0.478 e. The van der Waals surface area contributed by atoms with E-state index in [0.717, 1.165) is 55.9 Å². The van der Waals surface area contributed by atoms with Crippen molar-refractivity contribution in [1.29, 1.82) is 0 Å². The van der Waals surface area contributed by atoms with E-state index >= 15 is 0 Å². The summed E-state index contributed by atoms with van der Waals surface area (Å²) in [6, 6.07) is 0.220. The minimum atomic E-state index is -1.09. The van der Waals surface area contributed by atoms with Crippen LogP contribution in [0.5, 0.6) is 0 Å². The second-order valence-electron chi connectivity index (χ2n) is 8.10. The number of nitrogens with zero attached hydrogens (tertiary/aromatic N) is 4. The van der Waals surface area contributed by atoms with E-state index in [4.69, 9.17) is 26.5 Å². The van der Waals surface area contributed by atoms with E-state index in [1.165, 1.54) is 11.6 Å². The summed E-state index contributed by atoms with van der Waals surface area (Å²) in [5.41, 5.74) is 14.8. The minimum absolute atomic E-state index is 0.0207. The molecule has 8 heteroatoms. The van der Waals surface area contributed by atoms with Crippen molar-refractivity contribution in [3.8, 4) is 0 Å². The Morgan fingerprint density at radius 1 is 1.28 bits per heavy atom. The standard InChI is InChI=1S/C21H34N6O2/c1-13(2)10-18-14(3)24-21(25-15(18)4)27-8-6-17(7-9-27)26(5)19(23)11-16(12-22)20(28)29/h11-13,17H,6-10,22-23H2,1-5H3,(H,28,29)/b16-12+,19-11+. The highest BCUT2D eigenvalue weighted by Crippen LogP contribution is 2.23. The lowest BCUT2D eigenvalue weighted by Gasteiger charge is -2.38. The molecule has 0 bridgehead atoms. The van der Waals surface area contributed by atoms with Gasteiger partial charge >= 0.3 is 5.97 Å². The number of aromatic nitrogens is 2. The lowest BCUT2D eigenvalue weighted by atomic mass is 10.0. The molecule has 0 unspecified atom stereocenters. The summed E-state index contributed by atoms with van der Waals surface area (Å²) in [5, 5.41) is 9.10. The van der Waals surface area contributed by atoms with E-state index < -0.39 is 5.97 Å². The first-order valence-electron chi connectivity index (χ1n) is 10.1. The largest absolute Gasteiger partial charge is 0.478 e. The highest BCUT2D eigenvalue weighted by atomic mass is 16.4. The normalized spacial score (nSPS) is 16.4. The number of hydrogen-bond donors (Lipinski definition) is 3. The van der Waals surface area contributed by atoms with Crippen LogP contribution in [0.15, 0.2) is 23.7 Å². The molecular weight excluding hydrogens is 368 g/mol. The number of carboxylic acids is 1. The fraction of sp³-hybridized carbons (Fsp3) is 0.571. The molecule has 0 radical (unpaired) electrons. The van der Waals surface area contributed by atoms with Gasteiger partial charge in [0.05, 0.1) is 11.4 Å². The van der Waals surface area contributed by atoms with Gasteiger partial charge in [0.2, 0.25) is 5.95 Å². The van der Waals surface area contributed by atoms with Crippen LogP contribution in [-0.4, -0.2) is 52.1 Å². The molecule has 8 nitrogen and oxygen atoms in total. The Morgan fingerprint density at radius 3 is 2.28 bits per heavy atom. The molecular formula is C21H34N6O2. The van der Waals surface area contributed by atoms with Crippen LogP contribution in [0.3, 0.4) is 0 Å². The van der Waals surface area contributed by atoms with Crippen LogP contribution < -0.4 is 16.4 Å². The van der Waals surface area contributed by atoms with E-state index in [0.29, 0.717) is 11.7 Å². The summed E-state index contributed by atoms with van der Waals surface area (Å²) in [6.45, 7) is 10.2. The number of hydrogen-bond acceptors (Lipinski definition) is 7. The van der Waals surface area contributed by atoms with Crippen molar-refractivity contribution in [1.82, 2.24) is 14.9 Å². The first-order chi connectivity index (χ1) is 13.6. The summed E-state index contributed by atoms with van der Waals surface area (Å²) in [5.74, 6) is 0.657. The summed E-state index contributed by atoms with van der Waals surface area (Å²) >= 11 is 0. The van der Waals surface area contributed by atoms with Gasteiger partial charge in [-0.3, -0.25) is 0 Å². The van der Waals surface area contributed by atoms with Gasteiger partial charge < -0.3 is 26.4 Å². The molecule has 0 aliphatic carbocycles. The van der Waals surface area contributed by atoms with Gasteiger partial charge in [0.1, 0.15) is 0 Å². The lowest BCUT2D eigenvalue weighted by molar-refractivity contribution is -0.132. The van der Waals surface area contributed by atoms with Gasteiger partial charge in [-0.25, -0.2) is 14.8 Å². The number of nitrogens with two attached hydrogens (primary N) is 2. The molecule has 160 valence electrons. The highest BCUT2D eigenvalue weighted by Gasteiger charge is 2.25. The van der Waals surface area contributed by atoms with E-state index in [1.807, 2.05) is 11.9 Å². The van der Waals surface area contributed by atoms with Gasteiger partial charge in [0, 0.05) is 43.8 Å². The van der Waals surface area contributed by atoms with Crippen molar-refractivity contribution < 1.29 is 9.90 Å². The van der Waals surface area contributed by atoms with Crippen LogP contribution in [0.25, 0.3) is 0 Å². The van der Waals surface area contributed by atoms with Crippen molar-refractivity contribution in [2.24, 2.45) is 17.4 Å². The molecule has 2 rings (SSSR count). The van der Waals surface area contributed by atoms with Crippen molar-refractivity contribution in [2.45, 2.75) is 53.0 Å². The fourth-order valence-corrected chi connectivity index (χ4v) is 3.67. The van der Waals surface area contributed by atoms with Crippen LogP contribution in [0, 0.1) is 19.8 Å². The van der Waals surface area contributed by atoms with E-state index in [-0.39, 0.29) is 11.6 Å². The smallest absolute Gasteiger partial charge is 0.337 e. The second kappa shape index (κ2) is 9.62. The third-order valence-electron chi connectivity index (χ3n) is 5.45. The molecule has 1 saturated heterocycles. The number of aryl methyl sites for hydroxylation is 2. The molecule has 1 aromatic heterocycles. The predicted octanol–water partition coefficient (Wildman–Crippen LogP) is 1.92. The maximum atomic E-state index is 11.1. The summed E-state index contributed by atoms with van der Waals surface area (Å²) in [4.78, 5) is 24.8. The van der Waals surface area contributed by atoms with Crippen molar-refractivity contribution in [2.75, 3.05) is 25.0 Å². The molecule has 1 fully saturated rings. The van der Waals surface area contributed by atoms with Crippen LogP contribution in [0.1, 0.15) is 43.6 Å². The summed E-state index contributed by atoms with van der Waals surface area (Å²) in [6.07, 6.45) is 5.21. The molecule has 0 saturated carbocycles. The van der Waals surface area contributed by atoms with Gasteiger partial charge in [0.25, 0.3) is 0 Å². The summed E-state index contributed by atoms with van der Waals surface area (Å²) in [7, 11) is 1.88. The van der Waals surface area contributed by atoms with Crippen molar-refractivity contribution >= 4 is 11.9 Å². The Morgan fingerprint density at radius 2 is 1.83 bits per heavy atom. The van der Waals surface area contributed by atoms with Gasteiger partial charge in [0.15, 0.2) is 0 Å². The second-order valence-corrected chi connectivity index (χ2v) is 8.10. The number of carbonyl (C=O) groups is 1. The van der Waals surface area contributed by atoms with Gasteiger partial charge in [-0.2, -0.15) is 0 Å². The van der Waals surface area contributed by atoms with Gasteiger partial charge in [-0.15, -0.1) is 0 Å². The Bertz CT molecular complexity index is 771. The summed E-state index contributed by atoms with van der Waals surface area (Å²) < 4.78 is 0. The quantitative estimate of drug-likeness (QED) is 0.467. The van der Waals surface area contributed by atoms with Crippen LogP contribution >= 0.6 is 0 Å². The molecule has 0 amide bonds. The fourth-order valence-electron chi connectivity index (χ4n) is 3.67. The predicted molar refractivity (Wildman–Crippen MR) is 115 cm³/mol. The molecule has 0 atom stereocenters. The first-order valence-corrected chi connectivity index (χ1v) is 10.1. The average Bonchev–Trinajstić information content (AvgIpc) is 2.67. The zero-order valence-electron chi connectivity index (χ0n) is 18.1. The van der Waals surface area contributed by atoms with Crippen molar-refractivity contribution in [3.63, 3.8) is 0 Å². The third kappa shape index (κ3) is 5.62. The monoisotopic (exact) mass is 402 g/mol. The number of anilines is 1. The van der Waals surface area contributed by atoms with Gasteiger partial charge in [-0.05, 0) is 50.7 Å². The number of carboxylic acid groups (broad SMARTS) is 1. The Labute approximate surface area is 173 Å².